The Labute approximate surface area is 288 Å². The lowest BCUT2D eigenvalue weighted by Gasteiger charge is -2.34. The predicted octanol–water partition coefficient (Wildman–Crippen LogP) is 6.94. The van der Waals surface area contributed by atoms with E-state index in [4.69, 9.17) is 4.74 Å². The van der Waals surface area contributed by atoms with Crippen molar-refractivity contribution in [2.24, 2.45) is 7.05 Å². The Bertz CT molecular complexity index is 2110. The molecule has 1 saturated heterocycles. The van der Waals surface area contributed by atoms with Crippen molar-refractivity contribution >= 4 is 28.4 Å². The Balaban J connectivity index is 0.959. The Hall–Kier alpha value is -5.70. The fourth-order valence-corrected chi connectivity index (χ4v) is 6.08. The minimum absolute atomic E-state index is 0.0000272. The van der Waals surface area contributed by atoms with Crippen LogP contribution in [-0.4, -0.2) is 70.7 Å². The molecular formula is C36H30F5N5O5. The highest BCUT2D eigenvalue weighted by Gasteiger charge is 2.43. The van der Waals surface area contributed by atoms with Crippen molar-refractivity contribution in [3.63, 3.8) is 0 Å². The second kappa shape index (κ2) is 12.9. The van der Waals surface area contributed by atoms with Gasteiger partial charge in [-0.1, -0.05) is 6.07 Å². The van der Waals surface area contributed by atoms with E-state index in [0.717, 1.165) is 40.7 Å². The van der Waals surface area contributed by atoms with Crippen LogP contribution in [0.5, 0.6) is 23.1 Å². The number of nitrogens with zero attached hydrogens (tertiary/aromatic N) is 5. The number of piperazine rings is 1. The molecular weight excluding hydrogens is 677 g/mol. The summed E-state index contributed by atoms with van der Waals surface area (Å²) in [5.74, 6) is 0.106. The summed E-state index contributed by atoms with van der Waals surface area (Å²) < 4.78 is 82.2. The van der Waals surface area contributed by atoms with Crippen LogP contribution in [-0.2, 0) is 19.8 Å². The molecule has 2 amide bonds. The second-order valence-electron chi connectivity index (χ2n) is 12.2. The molecule has 0 spiro atoms. The molecule has 2 aliphatic rings. The summed E-state index contributed by atoms with van der Waals surface area (Å²) in [7, 11) is 3.31. The number of hydrogen-bond donors (Lipinski definition) is 0. The Morgan fingerprint density at radius 3 is 2.31 bits per heavy atom. The third-order valence-corrected chi connectivity index (χ3v) is 8.86. The number of anilines is 1. The Kier molecular flexibility index (Phi) is 8.53. The first-order chi connectivity index (χ1) is 24.2. The van der Waals surface area contributed by atoms with Crippen molar-refractivity contribution in [1.29, 1.82) is 0 Å². The molecule has 0 unspecified atom stereocenters. The van der Waals surface area contributed by atoms with Crippen LogP contribution in [0.15, 0.2) is 85.1 Å². The number of pyridine rings is 1. The van der Waals surface area contributed by atoms with Gasteiger partial charge >= 0.3 is 12.5 Å². The zero-order valence-electron chi connectivity index (χ0n) is 27.3. The molecule has 0 radical (unpaired) electrons. The lowest BCUT2D eigenvalue weighted by molar-refractivity contribution is -0.286. The first-order valence-corrected chi connectivity index (χ1v) is 15.8. The van der Waals surface area contributed by atoms with E-state index in [1.54, 1.807) is 47.4 Å². The SMILES string of the molecule is CN(C(=O)c1ccc(C(F)(F)F)cc1)c1ccc(Oc2ccc3c(c2)cc(C(=O)N2CCN(Cc4ccc5c(c4)OC(F)(F)O5)CC2)n3C)nc1. The summed E-state index contributed by atoms with van der Waals surface area (Å²) in [6, 6.07) is 19.1. The molecule has 0 bridgehead atoms. The number of hydrogen-bond acceptors (Lipinski definition) is 7. The number of amides is 2. The third-order valence-electron chi connectivity index (χ3n) is 8.86. The molecule has 0 N–H and O–H groups in total. The minimum Gasteiger partial charge on any atom is -0.439 e. The third kappa shape index (κ3) is 7.01. The van der Waals surface area contributed by atoms with Gasteiger partial charge in [-0.2, -0.15) is 13.2 Å². The van der Waals surface area contributed by atoms with Crippen LogP contribution in [0.4, 0.5) is 27.6 Å². The maximum absolute atomic E-state index is 13.6. The van der Waals surface area contributed by atoms with Gasteiger partial charge in [0.25, 0.3) is 11.8 Å². The van der Waals surface area contributed by atoms with Crippen LogP contribution in [0, 0.1) is 0 Å². The summed E-state index contributed by atoms with van der Waals surface area (Å²) in [6.07, 6.45) is -6.74. The van der Waals surface area contributed by atoms with Crippen molar-refractivity contribution < 1.29 is 45.8 Å². The van der Waals surface area contributed by atoms with E-state index in [1.165, 1.54) is 24.2 Å². The number of benzene rings is 3. The summed E-state index contributed by atoms with van der Waals surface area (Å²) in [6.45, 7) is 2.69. The van der Waals surface area contributed by atoms with Gasteiger partial charge in [-0.05, 0) is 72.3 Å². The second-order valence-corrected chi connectivity index (χ2v) is 12.2. The van der Waals surface area contributed by atoms with Crippen molar-refractivity contribution in [3.8, 4) is 23.1 Å². The number of carbonyl (C=O) groups is 2. The number of fused-ring (bicyclic) bond motifs is 2. The molecule has 2 aliphatic heterocycles. The number of carbonyl (C=O) groups excluding carboxylic acids is 2. The van der Waals surface area contributed by atoms with E-state index in [0.29, 0.717) is 49.9 Å². The van der Waals surface area contributed by atoms with Gasteiger partial charge in [-0.3, -0.25) is 14.5 Å². The van der Waals surface area contributed by atoms with E-state index in [1.807, 2.05) is 17.7 Å². The standard InChI is InChI=1S/C36H30F5N5O5/c1-43(33(47)23-4-6-25(7-5-23)35(37,38)39)26-8-12-32(42-20-26)49-27-9-10-28-24(18-27)19-29(44(28)2)34(48)46-15-13-45(14-16-46)21-22-3-11-30-31(17-22)51-36(40,41)50-30/h3-12,17-20H,13-16,21H2,1-2H3. The number of alkyl halides is 5. The maximum Gasteiger partial charge on any atom is 0.586 e. The summed E-state index contributed by atoms with van der Waals surface area (Å²) in [5, 5.41) is 0.781. The van der Waals surface area contributed by atoms with Crippen molar-refractivity contribution in [1.82, 2.24) is 19.4 Å². The fourth-order valence-electron chi connectivity index (χ4n) is 6.08. The average molecular weight is 708 g/mol. The molecule has 15 heteroatoms. The fraction of sp³-hybridized carbons (Fsp3) is 0.250. The number of rotatable bonds is 7. The average Bonchev–Trinajstić information content (AvgIpc) is 3.61. The first kappa shape index (κ1) is 33.8. The summed E-state index contributed by atoms with van der Waals surface area (Å²) in [4.78, 5) is 35.9. The molecule has 0 aliphatic carbocycles. The predicted molar refractivity (Wildman–Crippen MR) is 175 cm³/mol. The van der Waals surface area contributed by atoms with Crippen molar-refractivity contribution in [3.05, 3.63) is 107 Å². The van der Waals surface area contributed by atoms with Gasteiger partial charge < -0.3 is 28.6 Å². The zero-order chi connectivity index (χ0) is 36.1. The number of halogens is 5. The molecule has 0 atom stereocenters. The van der Waals surface area contributed by atoms with E-state index < -0.39 is 23.9 Å². The summed E-state index contributed by atoms with van der Waals surface area (Å²) in [5.41, 5.74) is 1.80. The molecule has 0 saturated carbocycles. The first-order valence-electron chi connectivity index (χ1n) is 15.8. The monoisotopic (exact) mass is 707 g/mol. The van der Waals surface area contributed by atoms with E-state index in [9.17, 15) is 31.5 Å². The highest BCUT2D eigenvalue weighted by atomic mass is 19.4. The number of aromatic nitrogens is 2. The molecule has 10 nitrogen and oxygen atoms in total. The lowest BCUT2D eigenvalue weighted by atomic mass is 10.1. The summed E-state index contributed by atoms with van der Waals surface area (Å²) >= 11 is 0. The van der Waals surface area contributed by atoms with Crippen LogP contribution in [0.2, 0.25) is 0 Å². The quantitative estimate of drug-likeness (QED) is 0.170. The van der Waals surface area contributed by atoms with E-state index >= 15 is 0 Å². The molecule has 1 fully saturated rings. The molecule has 264 valence electrons. The van der Waals surface area contributed by atoms with Crippen LogP contribution >= 0.6 is 0 Å². The van der Waals surface area contributed by atoms with Crippen LogP contribution in [0.25, 0.3) is 10.9 Å². The molecule has 51 heavy (non-hydrogen) atoms. The van der Waals surface area contributed by atoms with Gasteiger partial charge in [0.1, 0.15) is 11.4 Å². The van der Waals surface area contributed by atoms with Crippen LogP contribution in [0.1, 0.15) is 32.0 Å². The largest absolute Gasteiger partial charge is 0.586 e. The van der Waals surface area contributed by atoms with Gasteiger partial charge in [0.05, 0.1) is 17.4 Å². The smallest absolute Gasteiger partial charge is 0.439 e. The van der Waals surface area contributed by atoms with Crippen molar-refractivity contribution in [2.45, 2.75) is 19.0 Å². The number of ether oxygens (including phenoxy) is 3. The van der Waals surface area contributed by atoms with Gasteiger partial charge in [0.2, 0.25) is 5.88 Å². The Morgan fingerprint density at radius 2 is 1.63 bits per heavy atom. The molecule has 7 rings (SSSR count). The molecule has 5 aromatic rings. The highest BCUT2D eigenvalue weighted by molar-refractivity contribution is 6.05. The van der Waals surface area contributed by atoms with E-state index in [-0.39, 0.29) is 28.8 Å². The normalized spacial score (nSPS) is 15.6. The van der Waals surface area contributed by atoms with Gasteiger partial charge in [-0.15, -0.1) is 8.78 Å². The molecule has 4 heterocycles. The lowest BCUT2D eigenvalue weighted by Crippen LogP contribution is -2.48. The van der Waals surface area contributed by atoms with E-state index in [2.05, 4.69) is 19.4 Å². The number of aryl methyl sites for hydroxylation is 1. The minimum atomic E-state index is -4.50. The van der Waals surface area contributed by atoms with Crippen LogP contribution < -0.4 is 19.1 Å². The van der Waals surface area contributed by atoms with Crippen molar-refractivity contribution in [2.75, 3.05) is 38.1 Å². The zero-order valence-corrected chi connectivity index (χ0v) is 27.3. The molecule has 3 aromatic carbocycles. The highest BCUT2D eigenvalue weighted by Crippen LogP contribution is 2.41. The topological polar surface area (TPSA) is 89.4 Å². The Morgan fingerprint density at radius 1 is 0.902 bits per heavy atom. The van der Waals surface area contributed by atoms with Crippen LogP contribution in [0.3, 0.4) is 0 Å². The van der Waals surface area contributed by atoms with Gasteiger partial charge in [0.15, 0.2) is 11.5 Å². The van der Waals surface area contributed by atoms with Gasteiger partial charge in [0, 0.05) is 69.4 Å². The van der Waals surface area contributed by atoms with Gasteiger partial charge in [-0.25, -0.2) is 4.98 Å². The molecule has 2 aromatic heterocycles. The maximum atomic E-state index is 13.6.